The first-order valence-corrected chi connectivity index (χ1v) is 10.9. The molecule has 0 atom stereocenters. The molecule has 0 unspecified atom stereocenters. The molecule has 3 aromatic rings. The number of rotatable bonds is 5. The molecule has 0 spiro atoms. The summed E-state index contributed by atoms with van der Waals surface area (Å²) in [6.07, 6.45) is 0. The Morgan fingerprint density at radius 1 is 0.727 bits per heavy atom. The van der Waals surface area contributed by atoms with E-state index in [-0.39, 0.29) is 11.6 Å². The van der Waals surface area contributed by atoms with Crippen LogP contribution in [0, 0.1) is 34.6 Å². The Morgan fingerprint density at radius 3 is 1.97 bits per heavy atom. The van der Waals surface area contributed by atoms with Crippen LogP contribution in [-0.2, 0) is 9.59 Å². The highest BCUT2D eigenvalue weighted by molar-refractivity contribution is 6.46. The van der Waals surface area contributed by atoms with Crippen molar-refractivity contribution in [1.82, 2.24) is 0 Å². The number of hydrogen-bond donors (Lipinski definition) is 1. The molecule has 33 heavy (non-hydrogen) atoms. The Hall–Kier alpha value is -3.86. The lowest BCUT2D eigenvalue weighted by molar-refractivity contribution is -0.120. The number of nitrogens with zero attached hydrogens (tertiary/aromatic N) is 1. The van der Waals surface area contributed by atoms with E-state index in [1.165, 1.54) is 12.0 Å². The molecule has 4 rings (SSSR count). The van der Waals surface area contributed by atoms with Crippen LogP contribution in [0.5, 0.6) is 5.75 Å². The monoisotopic (exact) mass is 440 g/mol. The summed E-state index contributed by atoms with van der Waals surface area (Å²) in [6.45, 7) is 9.88. The van der Waals surface area contributed by atoms with Crippen LogP contribution >= 0.6 is 0 Å². The van der Waals surface area contributed by atoms with Crippen LogP contribution in [0.2, 0.25) is 0 Å². The number of methoxy groups -OCH3 is 1. The third-order valence-electron chi connectivity index (χ3n) is 5.95. The summed E-state index contributed by atoms with van der Waals surface area (Å²) in [5.41, 5.74) is 7.66. The number of benzene rings is 3. The lowest BCUT2D eigenvalue weighted by Gasteiger charge is -2.19. The third-order valence-corrected chi connectivity index (χ3v) is 5.95. The van der Waals surface area contributed by atoms with E-state index in [1.807, 2.05) is 77.1 Å². The van der Waals surface area contributed by atoms with Gasteiger partial charge in [-0.25, -0.2) is 4.90 Å². The van der Waals surface area contributed by atoms with Crippen LogP contribution in [0.4, 0.5) is 11.4 Å². The Kier molecular flexibility index (Phi) is 5.81. The molecule has 3 aromatic carbocycles. The van der Waals surface area contributed by atoms with Gasteiger partial charge >= 0.3 is 0 Å². The van der Waals surface area contributed by atoms with E-state index < -0.39 is 5.91 Å². The maximum atomic E-state index is 13.8. The average Bonchev–Trinajstić information content (AvgIpc) is 2.99. The molecule has 0 bridgehead atoms. The van der Waals surface area contributed by atoms with Gasteiger partial charge in [0.2, 0.25) is 0 Å². The van der Waals surface area contributed by atoms with Gasteiger partial charge in [-0.2, -0.15) is 0 Å². The van der Waals surface area contributed by atoms with Gasteiger partial charge in [0.1, 0.15) is 11.4 Å². The average molecular weight is 441 g/mol. The second-order valence-electron chi connectivity index (χ2n) is 8.63. The first kappa shape index (κ1) is 22.3. The van der Waals surface area contributed by atoms with Crippen molar-refractivity contribution in [2.24, 2.45) is 0 Å². The van der Waals surface area contributed by atoms with Crippen molar-refractivity contribution in [3.8, 4) is 5.75 Å². The van der Waals surface area contributed by atoms with Crippen LogP contribution < -0.4 is 15.0 Å². The lowest BCUT2D eigenvalue weighted by atomic mass is 9.97. The smallest absolute Gasteiger partial charge is 0.282 e. The fraction of sp³-hybridized carbons (Fsp3) is 0.214. The SMILES string of the molecule is COc1ccc(C)cc1N1C(=O)C(Nc2ccc(C)cc2C)=C(c2ccc(C)cc2C)C1=O. The number of imide groups is 1. The number of carbonyl (C=O) groups is 2. The van der Waals surface area contributed by atoms with Crippen molar-refractivity contribution in [1.29, 1.82) is 0 Å². The van der Waals surface area contributed by atoms with Gasteiger partial charge in [-0.3, -0.25) is 9.59 Å². The zero-order valence-corrected chi connectivity index (χ0v) is 19.9. The summed E-state index contributed by atoms with van der Waals surface area (Å²) >= 11 is 0. The quantitative estimate of drug-likeness (QED) is 0.522. The van der Waals surface area contributed by atoms with Gasteiger partial charge in [-0.05, 0) is 75.1 Å². The van der Waals surface area contributed by atoms with E-state index in [0.717, 1.165) is 39.1 Å². The molecule has 1 N–H and O–H groups in total. The molecule has 0 aliphatic carbocycles. The zero-order chi connectivity index (χ0) is 23.9. The van der Waals surface area contributed by atoms with Gasteiger partial charge in [-0.15, -0.1) is 0 Å². The predicted molar refractivity (Wildman–Crippen MR) is 133 cm³/mol. The number of hydrogen-bond acceptors (Lipinski definition) is 4. The number of carbonyl (C=O) groups excluding carboxylic acids is 2. The molecule has 0 saturated carbocycles. The van der Waals surface area contributed by atoms with Crippen LogP contribution in [0.25, 0.3) is 5.57 Å². The molecule has 1 aliphatic heterocycles. The predicted octanol–water partition coefficient (Wildman–Crippen LogP) is 5.63. The highest BCUT2D eigenvalue weighted by atomic mass is 16.5. The van der Waals surface area contributed by atoms with Gasteiger partial charge in [0.05, 0.1) is 18.4 Å². The maximum Gasteiger partial charge on any atom is 0.282 e. The van der Waals surface area contributed by atoms with Crippen LogP contribution in [0.15, 0.2) is 60.3 Å². The number of aryl methyl sites for hydroxylation is 5. The van der Waals surface area contributed by atoms with Crippen molar-refractivity contribution in [3.63, 3.8) is 0 Å². The molecule has 1 aliphatic rings. The molecule has 0 aromatic heterocycles. The van der Waals surface area contributed by atoms with Gasteiger partial charge in [0.15, 0.2) is 0 Å². The Balaban J connectivity index is 1.91. The highest BCUT2D eigenvalue weighted by Gasteiger charge is 2.42. The molecule has 5 nitrogen and oxygen atoms in total. The highest BCUT2D eigenvalue weighted by Crippen LogP contribution is 2.39. The minimum absolute atomic E-state index is 0.266. The molecule has 1 heterocycles. The van der Waals surface area contributed by atoms with Crippen LogP contribution in [-0.4, -0.2) is 18.9 Å². The van der Waals surface area contributed by atoms with Crippen molar-refractivity contribution in [2.75, 3.05) is 17.3 Å². The number of nitrogens with one attached hydrogen (secondary N) is 1. The molecule has 5 heteroatoms. The van der Waals surface area contributed by atoms with Crippen LogP contribution in [0.3, 0.4) is 0 Å². The van der Waals surface area contributed by atoms with Crippen molar-refractivity contribution in [2.45, 2.75) is 34.6 Å². The Morgan fingerprint density at radius 2 is 1.33 bits per heavy atom. The molecule has 0 saturated heterocycles. The number of anilines is 2. The van der Waals surface area contributed by atoms with Crippen molar-refractivity contribution >= 4 is 28.8 Å². The van der Waals surface area contributed by atoms with E-state index in [1.54, 1.807) is 12.1 Å². The fourth-order valence-corrected chi connectivity index (χ4v) is 4.27. The Bertz CT molecular complexity index is 1320. The van der Waals surface area contributed by atoms with Crippen LogP contribution in [0.1, 0.15) is 33.4 Å². The minimum Gasteiger partial charge on any atom is -0.495 e. The minimum atomic E-state index is -0.404. The largest absolute Gasteiger partial charge is 0.495 e. The first-order valence-electron chi connectivity index (χ1n) is 10.9. The standard InChI is InChI=1S/C28H28N2O3/c1-16-7-10-21(19(4)13-16)25-26(29-22-11-8-17(2)14-20(22)5)28(32)30(27(25)31)23-15-18(3)9-12-24(23)33-6/h7-15,29H,1-6H3. The third kappa shape index (κ3) is 4.02. The van der Waals surface area contributed by atoms with Gasteiger partial charge in [0, 0.05) is 5.69 Å². The summed E-state index contributed by atoms with van der Waals surface area (Å²) in [6, 6.07) is 17.3. The lowest BCUT2D eigenvalue weighted by Crippen LogP contribution is -2.32. The maximum absolute atomic E-state index is 13.8. The summed E-state index contributed by atoms with van der Waals surface area (Å²) in [5, 5.41) is 3.29. The normalized spacial score (nSPS) is 13.7. The van der Waals surface area contributed by atoms with E-state index in [2.05, 4.69) is 5.32 Å². The fourth-order valence-electron chi connectivity index (χ4n) is 4.27. The zero-order valence-electron chi connectivity index (χ0n) is 19.9. The van der Waals surface area contributed by atoms with Crippen molar-refractivity contribution < 1.29 is 14.3 Å². The van der Waals surface area contributed by atoms with E-state index in [9.17, 15) is 9.59 Å². The molecule has 168 valence electrons. The van der Waals surface area contributed by atoms with E-state index >= 15 is 0 Å². The topological polar surface area (TPSA) is 58.6 Å². The molecular formula is C28H28N2O3. The van der Waals surface area contributed by atoms with Crippen molar-refractivity contribution in [3.05, 3.63) is 93.7 Å². The number of ether oxygens (including phenoxy) is 1. The first-order chi connectivity index (χ1) is 15.7. The molecular weight excluding hydrogens is 412 g/mol. The van der Waals surface area contributed by atoms with E-state index in [4.69, 9.17) is 4.74 Å². The summed E-state index contributed by atoms with van der Waals surface area (Å²) in [4.78, 5) is 28.8. The van der Waals surface area contributed by atoms with E-state index in [0.29, 0.717) is 17.0 Å². The molecule has 0 radical (unpaired) electrons. The van der Waals surface area contributed by atoms with Gasteiger partial charge in [0.25, 0.3) is 11.8 Å². The summed E-state index contributed by atoms with van der Waals surface area (Å²) in [7, 11) is 1.53. The Labute approximate surface area is 194 Å². The molecule has 0 fully saturated rings. The summed E-state index contributed by atoms with van der Waals surface area (Å²) in [5.74, 6) is -0.308. The number of amides is 2. The second kappa shape index (κ2) is 8.58. The second-order valence-corrected chi connectivity index (χ2v) is 8.63. The summed E-state index contributed by atoms with van der Waals surface area (Å²) < 4.78 is 5.49. The van der Waals surface area contributed by atoms with Gasteiger partial charge in [-0.1, -0.05) is 47.5 Å². The van der Waals surface area contributed by atoms with Gasteiger partial charge < -0.3 is 10.1 Å². The molecule has 2 amide bonds.